The topological polar surface area (TPSA) is 57.1 Å². The average molecular weight is 444 g/mol. The summed E-state index contributed by atoms with van der Waals surface area (Å²) in [6, 6.07) is 11.4. The maximum Gasteiger partial charge on any atom is 0.363 e. The monoisotopic (exact) mass is 443 g/mol. The van der Waals surface area contributed by atoms with Gasteiger partial charge in [0.25, 0.3) is 0 Å². The van der Waals surface area contributed by atoms with Gasteiger partial charge in [0.2, 0.25) is 5.90 Å². The second kappa shape index (κ2) is 9.06. The van der Waals surface area contributed by atoms with Crippen LogP contribution in [0, 0.1) is 6.92 Å². The van der Waals surface area contributed by atoms with E-state index in [2.05, 4.69) is 20.9 Å². The number of nitrogens with zero attached hydrogens (tertiary/aromatic N) is 1. The molecule has 1 aliphatic rings. The number of rotatable bonds is 7. The molecule has 0 N–H and O–H groups in total. The van der Waals surface area contributed by atoms with Gasteiger partial charge >= 0.3 is 5.97 Å². The highest BCUT2D eigenvalue weighted by Gasteiger charge is 2.25. The number of carbonyl (C=O) groups excluding carboxylic acids is 1. The highest BCUT2D eigenvalue weighted by atomic mass is 79.9. The molecule has 0 atom stereocenters. The van der Waals surface area contributed by atoms with Crippen molar-refractivity contribution in [2.45, 2.75) is 27.2 Å². The molecule has 1 heterocycles. The number of hydrogen-bond donors (Lipinski definition) is 0. The van der Waals surface area contributed by atoms with Crippen molar-refractivity contribution in [2.24, 2.45) is 4.99 Å². The quantitative estimate of drug-likeness (QED) is 0.430. The summed E-state index contributed by atoms with van der Waals surface area (Å²) in [6.07, 6.45) is 2.58. The number of carbonyl (C=O) groups is 1. The van der Waals surface area contributed by atoms with Crippen molar-refractivity contribution >= 4 is 33.9 Å². The third kappa shape index (κ3) is 4.44. The van der Waals surface area contributed by atoms with Crippen LogP contribution in [0.25, 0.3) is 6.08 Å². The van der Waals surface area contributed by atoms with Gasteiger partial charge in [0.1, 0.15) is 0 Å². The molecule has 0 radical (unpaired) electrons. The maximum absolute atomic E-state index is 12.3. The molecule has 28 heavy (non-hydrogen) atoms. The molecule has 3 rings (SSSR count). The molecule has 0 spiro atoms. The van der Waals surface area contributed by atoms with Gasteiger partial charge in [-0.2, -0.15) is 0 Å². The number of esters is 1. The predicted molar refractivity (Wildman–Crippen MR) is 113 cm³/mol. The summed E-state index contributed by atoms with van der Waals surface area (Å²) >= 11 is 3.53. The average Bonchev–Trinajstić information content (AvgIpc) is 3.02. The third-order valence-electron chi connectivity index (χ3n) is 4.08. The number of aliphatic imine (C=N–C) groups is 1. The first-order valence-electron chi connectivity index (χ1n) is 9.21. The van der Waals surface area contributed by atoms with Crippen molar-refractivity contribution < 1.29 is 19.0 Å². The van der Waals surface area contributed by atoms with Gasteiger partial charge in [-0.1, -0.05) is 25.1 Å². The standard InChI is InChI=1S/C22H22BrNO4/c1-4-10-27-20-17(23)11-15(13-19(20)26-5-2)12-18-22(25)28-21(24-18)16-9-7-6-8-14(16)3/h6-9,11-13H,4-5,10H2,1-3H3. The molecule has 0 fully saturated rings. The fourth-order valence-corrected chi connectivity index (χ4v) is 3.35. The number of halogens is 1. The molecule has 0 bridgehead atoms. The van der Waals surface area contributed by atoms with Gasteiger partial charge in [-0.05, 0) is 71.6 Å². The second-order valence-corrected chi connectivity index (χ2v) is 7.12. The van der Waals surface area contributed by atoms with E-state index in [1.165, 1.54) is 0 Å². The van der Waals surface area contributed by atoms with E-state index >= 15 is 0 Å². The van der Waals surface area contributed by atoms with Crippen LogP contribution >= 0.6 is 15.9 Å². The van der Waals surface area contributed by atoms with Gasteiger partial charge in [0.15, 0.2) is 17.2 Å². The molecule has 2 aromatic carbocycles. The lowest BCUT2D eigenvalue weighted by atomic mass is 10.1. The van der Waals surface area contributed by atoms with E-state index in [-0.39, 0.29) is 5.70 Å². The molecule has 0 aliphatic carbocycles. The van der Waals surface area contributed by atoms with Gasteiger partial charge < -0.3 is 14.2 Å². The van der Waals surface area contributed by atoms with E-state index in [1.54, 1.807) is 6.08 Å². The Morgan fingerprint density at radius 2 is 1.96 bits per heavy atom. The molecular weight excluding hydrogens is 422 g/mol. The summed E-state index contributed by atoms with van der Waals surface area (Å²) in [5.74, 6) is 1.12. The highest BCUT2D eigenvalue weighted by molar-refractivity contribution is 9.10. The SMILES string of the molecule is CCCOc1c(Br)cc(C=C2N=C(c3ccccc3C)OC2=O)cc1OCC. The largest absolute Gasteiger partial charge is 0.490 e. The number of aryl methyl sites for hydroxylation is 1. The first kappa shape index (κ1) is 20.1. The van der Waals surface area contributed by atoms with Crippen LogP contribution in [0.1, 0.15) is 37.0 Å². The minimum Gasteiger partial charge on any atom is -0.490 e. The molecule has 0 aromatic heterocycles. The van der Waals surface area contributed by atoms with Gasteiger partial charge in [0.05, 0.1) is 17.7 Å². The third-order valence-corrected chi connectivity index (χ3v) is 4.67. The Labute approximate surface area is 173 Å². The Kier molecular flexibility index (Phi) is 6.52. The summed E-state index contributed by atoms with van der Waals surface area (Å²) in [5, 5.41) is 0. The zero-order chi connectivity index (χ0) is 20.1. The Bertz CT molecular complexity index is 950. The van der Waals surface area contributed by atoms with Crippen LogP contribution in [-0.4, -0.2) is 25.1 Å². The second-order valence-electron chi connectivity index (χ2n) is 6.26. The Morgan fingerprint density at radius 3 is 2.68 bits per heavy atom. The van der Waals surface area contributed by atoms with Crippen molar-refractivity contribution in [3.8, 4) is 11.5 Å². The minimum absolute atomic E-state index is 0.245. The maximum atomic E-state index is 12.3. The molecule has 6 heteroatoms. The molecule has 2 aromatic rings. The van der Waals surface area contributed by atoms with Crippen LogP contribution < -0.4 is 9.47 Å². The van der Waals surface area contributed by atoms with Crippen molar-refractivity contribution in [2.75, 3.05) is 13.2 Å². The first-order chi connectivity index (χ1) is 13.5. The van der Waals surface area contributed by atoms with E-state index in [0.29, 0.717) is 30.6 Å². The molecule has 0 unspecified atom stereocenters. The Morgan fingerprint density at radius 1 is 1.18 bits per heavy atom. The van der Waals surface area contributed by atoms with Crippen molar-refractivity contribution in [3.05, 3.63) is 63.3 Å². The molecule has 146 valence electrons. The van der Waals surface area contributed by atoms with Gasteiger partial charge in [-0.15, -0.1) is 0 Å². The smallest absolute Gasteiger partial charge is 0.363 e. The summed E-state index contributed by atoms with van der Waals surface area (Å²) in [6.45, 7) is 7.01. The zero-order valence-corrected chi connectivity index (χ0v) is 17.7. The number of benzene rings is 2. The Balaban J connectivity index is 1.96. The highest BCUT2D eigenvalue weighted by Crippen LogP contribution is 2.38. The van der Waals surface area contributed by atoms with E-state index < -0.39 is 5.97 Å². The lowest BCUT2D eigenvalue weighted by Gasteiger charge is -2.14. The lowest BCUT2D eigenvalue weighted by Crippen LogP contribution is -2.06. The predicted octanol–water partition coefficient (Wildman–Crippen LogP) is 5.29. The van der Waals surface area contributed by atoms with E-state index in [4.69, 9.17) is 14.2 Å². The van der Waals surface area contributed by atoms with E-state index in [1.807, 2.05) is 57.2 Å². The summed E-state index contributed by atoms with van der Waals surface area (Å²) in [5.41, 5.74) is 2.81. The molecule has 0 saturated heterocycles. The first-order valence-corrected chi connectivity index (χ1v) is 10.0. The van der Waals surface area contributed by atoms with Crippen molar-refractivity contribution in [1.29, 1.82) is 0 Å². The van der Waals surface area contributed by atoms with Crippen LogP contribution in [0.15, 0.2) is 51.6 Å². The van der Waals surface area contributed by atoms with Gasteiger partial charge in [-0.3, -0.25) is 0 Å². The molecule has 5 nitrogen and oxygen atoms in total. The fraction of sp³-hybridized carbons (Fsp3) is 0.273. The number of ether oxygens (including phenoxy) is 3. The summed E-state index contributed by atoms with van der Waals surface area (Å²) < 4.78 is 17.6. The molecular formula is C22H22BrNO4. The molecule has 0 saturated carbocycles. The molecule has 0 amide bonds. The fourth-order valence-electron chi connectivity index (χ4n) is 2.77. The number of cyclic esters (lactones) is 1. The zero-order valence-electron chi connectivity index (χ0n) is 16.1. The Hall–Kier alpha value is -2.60. The van der Waals surface area contributed by atoms with Crippen LogP contribution in [0.4, 0.5) is 0 Å². The van der Waals surface area contributed by atoms with Crippen LogP contribution in [0.3, 0.4) is 0 Å². The molecule has 1 aliphatic heterocycles. The lowest BCUT2D eigenvalue weighted by molar-refractivity contribution is -0.129. The van der Waals surface area contributed by atoms with E-state index in [0.717, 1.165) is 27.6 Å². The van der Waals surface area contributed by atoms with E-state index in [9.17, 15) is 4.79 Å². The minimum atomic E-state index is -0.473. The summed E-state index contributed by atoms with van der Waals surface area (Å²) in [4.78, 5) is 16.7. The van der Waals surface area contributed by atoms with Crippen LogP contribution in [0.2, 0.25) is 0 Å². The van der Waals surface area contributed by atoms with Crippen molar-refractivity contribution in [3.63, 3.8) is 0 Å². The van der Waals surface area contributed by atoms with Crippen LogP contribution in [-0.2, 0) is 9.53 Å². The number of hydrogen-bond acceptors (Lipinski definition) is 5. The van der Waals surface area contributed by atoms with Gasteiger partial charge in [0, 0.05) is 5.56 Å². The van der Waals surface area contributed by atoms with Crippen LogP contribution in [0.5, 0.6) is 11.5 Å². The normalized spacial score (nSPS) is 14.8. The van der Waals surface area contributed by atoms with Gasteiger partial charge in [-0.25, -0.2) is 9.79 Å². The van der Waals surface area contributed by atoms with Crippen molar-refractivity contribution in [1.82, 2.24) is 0 Å². The summed E-state index contributed by atoms with van der Waals surface area (Å²) in [7, 11) is 0.